The molecule has 2 amide bonds. The van der Waals surface area contributed by atoms with Gasteiger partial charge in [0.05, 0.1) is 12.1 Å². The summed E-state index contributed by atoms with van der Waals surface area (Å²) in [5, 5.41) is 0.513. The van der Waals surface area contributed by atoms with Crippen LogP contribution in [0.2, 0.25) is 5.02 Å². The lowest BCUT2D eigenvalue weighted by molar-refractivity contribution is -0.139. The van der Waals surface area contributed by atoms with Crippen LogP contribution in [-0.4, -0.2) is 34.6 Å². The van der Waals surface area contributed by atoms with Crippen molar-refractivity contribution in [3.63, 3.8) is 0 Å². The van der Waals surface area contributed by atoms with E-state index in [4.69, 9.17) is 16.3 Å². The molecule has 1 aliphatic heterocycles. The van der Waals surface area contributed by atoms with Crippen molar-refractivity contribution < 1.29 is 23.9 Å². The van der Waals surface area contributed by atoms with Gasteiger partial charge in [-0.2, -0.15) is 0 Å². The number of imide groups is 1. The first-order chi connectivity index (χ1) is 13.3. The lowest BCUT2D eigenvalue weighted by atomic mass is 10.1. The summed E-state index contributed by atoms with van der Waals surface area (Å²) >= 11 is 5.81. The summed E-state index contributed by atoms with van der Waals surface area (Å²) < 4.78 is 5.25. The van der Waals surface area contributed by atoms with Crippen molar-refractivity contribution in [2.45, 2.75) is 32.4 Å². The highest BCUT2D eigenvalue weighted by atomic mass is 35.5. The van der Waals surface area contributed by atoms with Crippen LogP contribution in [0.1, 0.15) is 46.0 Å². The van der Waals surface area contributed by atoms with Crippen molar-refractivity contribution >= 4 is 35.2 Å². The van der Waals surface area contributed by atoms with E-state index in [9.17, 15) is 19.2 Å². The Morgan fingerprint density at radius 3 is 2.07 bits per heavy atom. The van der Waals surface area contributed by atoms with Gasteiger partial charge in [-0.05, 0) is 48.9 Å². The number of nitrogens with zero attached hydrogens (tertiary/aromatic N) is 1. The second-order valence-corrected chi connectivity index (χ2v) is 6.93. The zero-order valence-electron chi connectivity index (χ0n) is 15.2. The fourth-order valence-electron chi connectivity index (χ4n) is 2.86. The minimum atomic E-state index is -0.951. The molecule has 0 aliphatic carbocycles. The highest BCUT2D eigenvalue weighted by Crippen LogP contribution is 2.17. The second kappa shape index (κ2) is 8.35. The lowest BCUT2D eigenvalue weighted by Gasteiger charge is -2.15. The first kappa shape index (κ1) is 19.8. The topological polar surface area (TPSA) is 80.8 Å². The molecule has 28 heavy (non-hydrogen) atoms. The molecular weight excluding hydrogens is 382 g/mol. The maximum Gasteiger partial charge on any atom is 0.338 e. The Balaban J connectivity index is 1.61. The molecule has 6 nitrogen and oxygen atoms in total. The summed E-state index contributed by atoms with van der Waals surface area (Å²) in [6.07, 6.45) is -0.473. The molecule has 1 aliphatic rings. The number of amides is 2. The van der Waals surface area contributed by atoms with E-state index < -0.39 is 12.1 Å². The van der Waals surface area contributed by atoms with Gasteiger partial charge in [-0.3, -0.25) is 19.3 Å². The first-order valence-corrected chi connectivity index (χ1v) is 9.16. The number of esters is 1. The van der Waals surface area contributed by atoms with Gasteiger partial charge in [0.1, 0.15) is 0 Å². The SMILES string of the molecule is CC(OC(=O)c1ccc(CN2C(=O)CCC2=O)cc1)C(=O)c1ccc(Cl)cc1. The number of benzene rings is 2. The summed E-state index contributed by atoms with van der Waals surface area (Å²) in [7, 11) is 0. The number of hydrogen-bond donors (Lipinski definition) is 0. The van der Waals surface area contributed by atoms with Crippen molar-refractivity contribution in [1.29, 1.82) is 0 Å². The summed E-state index contributed by atoms with van der Waals surface area (Å²) in [5.74, 6) is -1.34. The number of ketones is 1. The molecule has 3 rings (SSSR count). The van der Waals surface area contributed by atoms with Gasteiger partial charge >= 0.3 is 5.97 Å². The van der Waals surface area contributed by atoms with E-state index in [1.165, 1.54) is 11.8 Å². The fourth-order valence-corrected chi connectivity index (χ4v) is 2.99. The van der Waals surface area contributed by atoms with E-state index in [2.05, 4.69) is 0 Å². The maximum atomic E-state index is 12.3. The number of carbonyl (C=O) groups is 4. The number of ether oxygens (including phenoxy) is 1. The monoisotopic (exact) mass is 399 g/mol. The van der Waals surface area contributed by atoms with Crippen molar-refractivity contribution in [2.75, 3.05) is 0 Å². The van der Waals surface area contributed by atoms with Crippen LogP contribution in [0.4, 0.5) is 0 Å². The number of rotatable bonds is 6. The van der Waals surface area contributed by atoms with E-state index in [1.807, 2.05) is 0 Å². The van der Waals surface area contributed by atoms with Gasteiger partial charge in [-0.25, -0.2) is 4.79 Å². The summed E-state index contributed by atoms with van der Waals surface area (Å²) in [6.45, 7) is 1.69. The Bertz CT molecular complexity index is 905. The van der Waals surface area contributed by atoms with E-state index in [-0.39, 0.29) is 42.5 Å². The second-order valence-electron chi connectivity index (χ2n) is 6.49. The van der Waals surface area contributed by atoms with Gasteiger partial charge < -0.3 is 4.74 Å². The van der Waals surface area contributed by atoms with Crippen molar-refractivity contribution in [2.24, 2.45) is 0 Å². The minimum Gasteiger partial charge on any atom is -0.451 e. The smallest absolute Gasteiger partial charge is 0.338 e. The van der Waals surface area contributed by atoms with E-state index in [1.54, 1.807) is 48.5 Å². The Kier molecular flexibility index (Phi) is 5.90. The molecule has 1 fully saturated rings. The predicted molar refractivity (Wildman–Crippen MR) is 102 cm³/mol. The van der Waals surface area contributed by atoms with Crippen molar-refractivity contribution in [3.8, 4) is 0 Å². The molecule has 0 saturated carbocycles. The van der Waals surface area contributed by atoms with Gasteiger partial charge in [0.15, 0.2) is 6.10 Å². The molecule has 0 bridgehead atoms. The van der Waals surface area contributed by atoms with Gasteiger partial charge in [0, 0.05) is 23.4 Å². The third-order valence-corrected chi connectivity index (χ3v) is 4.72. The standard InChI is InChI=1S/C21H18ClNO5/c1-13(20(26)15-6-8-17(22)9-7-15)28-21(27)16-4-2-14(3-5-16)12-23-18(24)10-11-19(23)25/h2-9,13H,10-12H2,1H3. The zero-order chi connectivity index (χ0) is 20.3. The minimum absolute atomic E-state index is 0.179. The van der Waals surface area contributed by atoms with Crippen LogP contribution < -0.4 is 0 Å². The van der Waals surface area contributed by atoms with Crippen LogP contribution in [0, 0.1) is 0 Å². The number of halogens is 1. The highest BCUT2D eigenvalue weighted by Gasteiger charge is 2.28. The Morgan fingerprint density at radius 1 is 0.964 bits per heavy atom. The molecule has 0 N–H and O–H groups in total. The van der Waals surface area contributed by atoms with Gasteiger partial charge in [-0.1, -0.05) is 23.7 Å². The molecule has 0 radical (unpaired) electrons. The van der Waals surface area contributed by atoms with E-state index >= 15 is 0 Å². The molecule has 0 spiro atoms. The normalized spacial score (nSPS) is 14.9. The molecule has 2 aromatic carbocycles. The molecule has 144 valence electrons. The van der Waals surface area contributed by atoms with E-state index in [0.717, 1.165) is 5.56 Å². The third-order valence-electron chi connectivity index (χ3n) is 4.47. The van der Waals surface area contributed by atoms with Crippen LogP contribution in [0.5, 0.6) is 0 Å². The molecule has 7 heteroatoms. The number of carbonyl (C=O) groups excluding carboxylic acids is 4. The summed E-state index contributed by atoms with van der Waals surface area (Å²) in [4.78, 5) is 49.2. The predicted octanol–water partition coefficient (Wildman–Crippen LogP) is 3.42. The molecule has 1 heterocycles. The maximum absolute atomic E-state index is 12.3. The van der Waals surface area contributed by atoms with Gasteiger partial charge in [-0.15, -0.1) is 0 Å². The van der Waals surface area contributed by atoms with Crippen LogP contribution in [0.15, 0.2) is 48.5 Å². The van der Waals surface area contributed by atoms with Crippen LogP contribution in [0.25, 0.3) is 0 Å². The molecule has 2 aromatic rings. The highest BCUT2D eigenvalue weighted by molar-refractivity contribution is 6.30. The molecular formula is C21H18ClNO5. The molecule has 1 atom stereocenters. The quantitative estimate of drug-likeness (QED) is 0.422. The van der Waals surface area contributed by atoms with Gasteiger partial charge in [0.2, 0.25) is 17.6 Å². The largest absolute Gasteiger partial charge is 0.451 e. The zero-order valence-corrected chi connectivity index (χ0v) is 15.9. The molecule has 1 unspecified atom stereocenters. The number of Topliss-reactive ketones (excluding diaryl/α,β-unsaturated/α-hetero) is 1. The fraction of sp³-hybridized carbons (Fsp3) is 0.238. The van der Waals surface area contributed by atoms with E-state index in [0.29, 0.717) is 10.6 Å². The van der Waals surface area contributed by atoms with Crippen molar-refractivity contribution in [1.82, 2.24) is 4.90 Å². The average Bonchev–Trinajstić information content (AvgIpc) is 3.00. The molecule has 1 saturated heterocycles. The van der Waals surface area contributed by atoms with Crippen LogP contribution >= 0.6 is 11.6 Å². The Labute approximate surface area is 167 Å². The van der Waals surface area contributed by atoms with Crippen LogP contribution in [0.3, 0.4) is 0 Å². The first-order valence-electron chi connectivity index (χ1n) is 8.78. The average molecular weight is 400 g/mol. The van der Waals surface area contributed by atoms with Gasteiger partial charge in [0.25, 0.3) is 0 Å². The lowest BCUT2D eigenvalue weighted by Crippen LogP contribution is -2.28. The molecule has 0 aromatic heterocycles. The van der Waals surface area contributed by atoms with Crippen LogP contribution in [-0.2, 0) is 20.9 Å². The number of hydrogen-bond acceptors (Lipinski definition) is 5. The third kappa shape index (κ3) is 4.46. The summed E-state index contributed by atoms with van der Waals surface area (Å²) in [5.41, 5.74) is 1.41. The Hall–Kier alpha value is -2.99. The Morgan fingerprint density at radius 2 is 1.50 bits per heavy atom. The van der Waals surface area contributed by atoms with Crippen molar-refractivity contribution in [3.05, 3.63) is 70.2 Å². The number of likely N-dealkylation sites (tertiary alicyclic amines) is 1. The summed E-state index contributed by atoms with van der Waals surface area (Å²) in [6, 6.07) is 12.7.